The summed E-state index contributed by atoms with van der Waals surface area (Å²) in [5.74, 6) is 0. The number of ether oxygens (including phenoxy) is 1. The zero-order chi connectivity index (χ0) is 12.9. The van der Waals surface area contributed by atoms with Gasteiger partial charge >= 0.3 is 0 Å². The van der Waals surface area contributed by atoms with Crippen LogP contribution in [0.4, 0.5) is 0 Å². The molecule has 2 unspecified atom stereocenters. The van der Waals surface area contributed by atoms with E-state index in [0.717, 1.165) is 38.4 Å². The average Bonchev–Trinajstić information content (AvgIpc) is 2.76. The highest BCUT2D eigenvalue weighted by molar-refractivity contribution is 4.86. The molecule has 1 N–H and O–H groups in total. The fraction of sp³-hybridized carbons (Fsp3) is 1.00. The minimum Gasteiger partial charge on any atom is -0.379 e. The Morgan fingerprint density at radius 3 is 2.79 bits per heavy atom. The highest BCUT2D eigenvalue weighted by Gasteiger charge is 2.29. The van der Waals surface area contributed by atoms with Crippen molar-refractivity contribution in [3.05, 3.63) is 0 Å². The van der Waals surface area contributed by atoms with Crippen LogP contribution in [0.2, 0.25) is 0 Å². The molecule has 2 atom stereocenters. The predicted octanol–water partition coefficient (Wildman–Crippen LogP) is 0.925. The molecular formula is C15H29N3O. The summed E-state index contributed by atoms with van der Waals surface area (Å²) in [6, 6.07) is 1.53. The van der Waals surface area contributed by atoms with Crippen molar-refractivity contribution in [1.82, 2.24) is 15.1 Å². The molecule has 110 valence electrons. The molecule has 3 aliphatic rings. The van der Waals surface area contributed by atoms with Gasteiger partial charge < -0.3 is 15.0 Å². The number of likely N-dealkylation sites (tertiary alicyclic amines) is 1. The molecule has 3 heterocycles. The van der Waals surface area contributed by atoms with Gasteiger partial charge in [-0.25, -0.2) is 0 Å². The molecule has 0 radical (unpaired) electrons. The van der Waals surface area contributed by atoms with Crippen molar-refractivity contribution in [2.75, 3.05) is 52.5 Å². The number of morpholine rings is 1. The summed E-state index contributed by atoms with van der Waals surface area (Å²) in [4.78, 5) is 5.33. The van der Waals surface area contributed by atoms with Crippen LogP contribution < -0.4 is 5.32 Å². The maximum absolute atomic E-state index is 5.46. The van der Waals surface area contributed by atoms with Gasteiger partial charge in [-0.1, -0.05) is 12.8 Å². The zero-order valence-electron chi connectivity index (χ0n) is 12.1. The smallest absolute Gasteiger partial charge is 0.0594 e. The normalized spacial score (nSPS) is 35.4. The van der Waals surface area contributed by atoms with Gasteiger partial charge in [-0.05, 0) is 32.4 Å². The van der Waals surface area contributed by atoms with Crippen molar-refractivity contribution in [1.29, 1.82) is 0 Å². The number of rotatable bonds is 3. The first-order valence-corrected chi connectivity index (χ1v) is 8.19. The molecule has 19 heavy (non-hydrogen) atoms. The van der Waals surface area contributed by atoms with Crippen molar-refractivity contribution in [3.8, 4) is 0 Å². The van der Waals surface area contributed by atoms with E-state index >= 15 is 0 Å². The maximum Gasteiger partial charge on any atom is 0.0594 e. The van der Waals surface area contributed by atoms with Crippen LogP contribution in [0, 0.1) is 0 Å². The summed E-state index contributed by atoms with van der Waals surface area (Å²) < 4.78 is 5.46. The number of hydrogen-bond acceptors (Lipinski definition) is 4. The van der Waals surface area contributed by atoms with Crippen LogP contribution in [-0.2, 0) is 4.74 Å². The Morgan fingerprint density at radius 2 is 1.89 bits per heavy atom. The molecule has 4 heteroatoms. The molecule has 3 fully saturated rings. The molecule has 0 aromatic heterocycles. The van der Waals surface area contributed by atoms with Crippen LogP contribution in [0.25, 0.3) is 0 Å². The van der Waals surface area contributed by atoms with Crippen LogP contribution in [0.1, 0.15) is 32.1 Å². The summed E-state index contributed by atoms with van der Waals surface area (Å²) in [6.45, 7) is 9.20. The Kier molecular flexibility index (Phi) is 5.10. The van der Waals surface area contributed by atoms with Crippen molar-refractivity contribution in [3.63, 3.8) is 0 Å². The molecule has 4 nitrogen and oxygen atoms in total. The number of hydrogen-bond donors (Lipinski definition) is 1. The molecule has 0 aromatic rings. The molecule has 0 aliphatic carbocycles. The van der Waals surface area contributed by atoms with Crippen molar-refractivity contribution in [2.45, 2.75) is 44.2 Å². The van der Waals surface area contributed by atoms with E-state index in [9.17, 15) is 0 Å². The van der Waals surface area contributed by atoms with Gasteiger partial charge in [-0.3, -0.25) is 4.90 Å². The molecule has 0 amide bonds. The van der Waals surface area contributed by atoms with Gasteiger partial charge in [0, 0.05) is 38.3 Å². The van der Waals surface area contributed by atoms with E-state index in [1.54, 1.807) is 0 Å². The Bertz CT molecular complexity index is 260. The molecular weight excluding hydrogens is 238 g/mol. The lowest BCUT2D eigenvalue weighted by atomic mass is 10.1. The third-order valence-corrected chi connectivity index (χ3v) is 4.95. The number of nitrogens with one attached hydrogen (secondary N) is 1. The van der Waals surface area contributed by atoms with Gasteiger partial charge in [0.2, 0.25) is 0 Å². The summed E-state index contributed by atoms with van der Waals surface area (Å²) in [5, 5.41) is 3.73. The van der Waals surface area contributed by atoms with Crippen molar-refractivity contribution < 1.29 is 4.74 Å². The maximum atomic E-state index is 5.46. The molecule has 3 rings (SSSR count). The lowest BCUT2D eigenvalue weighted by Crippen LogP contribution is -2.46. The van der Waals surface area contributed by atoms with E-state index in [-0.39, 0.29) is 0 Å². The van der Waals surface area contributed by atoms with E-state index in [2.05, 4.69) is 15.1 Å². The lowest BCUT2D eigenvalue weighted by Gasteiger charge is -2.32. The Balaban J connectivity index is 1.43. The van der Waals surface area contributed by atoms with E-state index in [4.69, 9.17) is 4.74 Å². The highest BCUT2D eigenvalue weighted by atomic mass is 16.5. The van der Waals surface area contributed by atoms with Crippen LogP contribution in [0.3, 0.4) is 0 Å². The molecule has 3 saturated heterocycles. The Labute approximate surface area is 117 Å². The second-order valence-corrected chi connectivity index (χ2v) is 6.35. The van der Waals surface area contributed by atoms with Gasteiger partial charge in [0.25, 0.3) is 0 Å². The standard InChI is InChI=1S/C15H29N3O/c1-2-4-14(16-6-3-1)12-17-7-5-15(13-17)18-8-10-19-11-9-18/h14-16H,1-13H2. The van der Waals surface area contributed by atoms with E-state index in [1.807, 2.05) is 0 Å². The third-order valence-electron chi connectivity index (χ3n) is 4.95. The van der Waals surface area contributed by atoms with Crippen molar-refractivity contribution in [2.24, 2.45) is 0 Å². The average molecular weight is 267 g/mol. The lowest BCUT2D eigenvalue weighted by molar-refractivity contribution is 0.0183. The second kappa shape index (κ2) is 7.02. The van der Waals surface area contributed by atoms with Crippen LogP contribution in [0.5, 0.6) is 0 Å². The molecule has 3 aliphatic heterocycles. The first-order valence-electron chi connectivity index (χ1n) is 8.19. The van der Waals surface area contributed by atoms with Gasteiger partial charge in [0.15, 0.2) is 0 Å². The van der Waals surface area contributed by atoms with Crippen LogP contribution in [0.15, 0.2) is 0 Å². The second-order valence-electron chi connectivity index (χ2n) is 6.35. The zero-order valence-corrected chi connectivity index (χ0v) is 12.1. The van der Waals surface area contributed by atoms with Crippen LogP contribution >= 0.6 is 0 Å². The van der Waals surface area contributed by atoms with Gasteiger partial charge in [-0.15, -0.1) is 0 Å². The highest BCUT2D eigenvalue weighted by Crippen LogP contribution is 2.18. The Hall–Kier alpha value is -0.160. The minimum atomic E-state index is 0.742. The summed E-state index contributed by atoms with van der Waals surface area (Å²) in [5.41, 5.74) is 0. The summed E-state index contributed by atoms with van der Waals surface area (Å²) >= 11 is 0. The molecule has 0 bridgehead atoms. The Morgan fingerprint density at radius 1 is 1.00 bits per heavy atom. The van der Waals surface area contributed by atoms with Gasteiger partial charge in [0.05, 0.1) is 13.2 Å². The molecule has 0 saturated carbocycles. The monoisotopic (exact) mass is 267 g/mol. The van der Waals surface area contributed by atoms with E-state index < -0.39 is 0 Å². The largest absolute Gasteiger partial charge is 0.379 e. The van der Waals surface area contributed by atoms with E-state index in [0.29, 0.717) is 0 Å². The molecule has 0 spiro atoms. The first-order chi connectivity index (χ1) is 9.42. The fourth-order valence-corrected chi connectivity index (χ4v) is 3.79. The predicted molar refractivity (Wildman–Crippen MR) is 77.5 cm³/mol. The number of nitrogens with zero attached hydrogens (tertiary/aromatic N) is 2. The minimum absolute atomic E-state index is 0.742. The van der Waals surface area contributed by atoms with Crippen molar-refractivity contribution >= 4 is 0 Å². The van der Waals surface area contributed by atoms with Gasteiger partial charge in [-0.2, -0.15) is 0 Å². The fourth-order valence-electron chi connectivity index (χ4n) is 3.79. The van der Waals surface area contributed by atoms with E-state index in [1.165, 1.54) is 58.3 Å². The van der Waals surface area contributed by atoms with Crippen LogP contribution in [-0.4, -0.2) is 74.4 Å². The first kappa shape index (κ1) is 13.8. The SMILES string of the molecule is C1CCNC(CN2CCC(N3CCOCC3)C2)CC1. The summed E-state index contributed by atoms with van der Waals surface area (Å²) in [7, 11) is 0. The third kappa shape index (κ3) is 3.91. The topological polar surface area (TPSA) is 27.7 Å². The summed E-state index contributed by atoms with van der Waals surface area (Å²) in [6.07, 6.45) is 6.93. The quantitative estimate of drug-likeness (QED) is 0.823. The molecule has 0 aromatic carbocycles. The van der Waals surface area contributed by atoms with Gasteiger partial charge in [0.1, 0.15) is 0 Å².